The van der Waals surface area contributed by atoms with Crippen LogP contribution in [0.5, 0.6) is 5.88 Å². The second-order valence-electron chi connectivity index (χ2n) is 3.90. The number of aromatic nitrogens is 1. The molecule has 2 aromatic rings. The Morgan fingerprint density at radius 3 is 2.78 bits per heavy atom. The summed E-state index contributed by atoms with van der Waals surface area (Å²) in [6, 6.07) is 11.7. The first-order valence-electron chi connectivity index (χ1n) is 5.60. The van der Waals surface area contributed by atoms with Gasteiger partial charge in [0.1, 0.15) is 6.61 Å². The molecule has 0 atom stereocenters. The second-order valence-corrected chi connectivity index (χ2v) is 3.90. The van der Waals surface area contributed by atoms with E-state index < -0.39 is 0 Å². The molecule has 1 heterocycles. The van der Waals surface area contributed by atoms with Crippen LogP contribution < -0.4 is 4.74 Å². The Bertz CT molecular complexity index is 539. The smallest absolute Gasteiger partial charge is 0.213 e. The summed E-state index contributed by atoms with van der Waals surface area (Å²) in [5.74, 6) is 0.562. The van der Waals surface area contributed by atoms with Crippen molar-refractivity contribution in [2.24, 2.45) is 5.16 Å². The lowest BCUT2D eigenvalue weighted by atomic mass is 10.2. The highest BCUT2D eigenvalue weighted by molar-refractivity contribution is 5.80. The Morgan fingerprint density at radius 2 is 2.11 bits per heavy atom. The van der Waals surface area contributed by atoms with E-state index in [1.165, 1.54) is 6.21 Å². The van der Waals surface area contributed by atoms with E-state index in [0.717, 1.165) is 16.7 Å². The largest absolute Gasteiger partial charge is 0.473 e. The molecule has 0 amide bonds. The highest BCUT2D eigenvalue weighted by Gasteiger charge is 2.01. The van der Waals surface area contributed by atoms with Crippen LogP contribution in [-0.2, 0) is 6.61 Å². The molecule has 0 fully saturated rings. The molecule has 0 radical (unpaired) electrons. The molecular formula is C14H14N2O2. The third kappa shape index (κ3) is 3.07. The van der Waals surface area contributed by atoms with Gasteiger partial charge in [-0.3, -0.25) is 0 Å². The molecule has 0 aliphatic heterocycles. The number of nitrogens with zero attached hydrogens (tertiary/aromatic N) is 2. The lowest BCUT2D eigenvalue weighted by Crippen LogP contribution is -1.99. The molecule has 0 unspecified atom stereocenters. The molecule has 0 saturated heterocycles. The van der Waals surface area contributed by atoms with Crippen molar-refractivity contribution in [1.82, 2.24) is 4.98 Å². The molecule has 2 rings (SSSR count). The van der Waals surface area contributed by atoms with Crippen LogP contribution in [0.3, 0.4) is 0 Å². The highest BCUT2D eigenvalue weighted by atomic mass is 16.5. The molecule has 1 aromatic carbocycles. The first kappa shape index (κ1) is 12.1. The zero-order valence-electron chi connectivity index (χ0n) is 10.1. The van der Waals surface area contributed by atoms with Gasteiger partial charge < -0.3 is 9.94 Å². The van der Waals surface area contributed by atoms with Crippen molar-refractivity contribution in [3.05, 3.63) is 59.3 Å². The molecule has 4 nitrogen and oxygen atoms in total. The summed E-state index contributed by atoms with van der Waals surface area (Å²) in [6.45, 7) is 2.40. The maximum Gasteiger partial charge on any atom is 0.213 e. The van der Waals surface area contributed by atoms with Gasteiger partial charge in [0.05, 0.1) is 6.21 Å². The number of hydrogen-bond acceptors (Lipinski definition) is 4. The van der Waals surface area contributed by atoms with Crippen LogP contribution in [0.15, 0.2) is 47.8 Å². The van der Waals surface area contributed by atoms with E-state index in [1.807, 2.05) is 43.3 Å². The fourth-order valence-electron chi connectivity index (χ4n) is 1.55. The van der Waals surface area contributed by atoms with Gasteiger partial charge >= 0.3 is 0 Å². The van der Waals surface area contributed by atoms with Crippen LogP contribution >= 0.6 is 0 Å². The summed E-state index contributed by atoms with van der Waals surface area (Å²) in [6.07, 6.45) is 2.97. The fraction of sp³-hybridized carbons (Fsp3) is 0.143. The number of oxime groups is 1. The molecule has 0 aliphatic rings. The number of pyridine rings is 1. The van der Waals surface area contributed by atoms with Crippen molar-refractivity contribution < 1.29 is 9.94 Å². The van der Waals surface area contributed by atoms with Gasteiger partial charge in [0.2, 0.25) is 5.88 Å². The van der Waals surface area contributed by atoms with Crippen LogP contribution in [0.4, 0.5) is 0 Å². The van der Waals surface area contributed by atoms with E-state index in [1.54, 1.807) is 6.20 Å². The molecule has 18 heavy (non-hydrogen) atoms. The summed E-state index contributed by atoms with van der Waals surface area (Å²) >= 11 is 0. The Balaban J connectivity index is 2.04. The molecule has 1 aromatic heterocycles. The zero-order valence-corrected chi connectivity index (χ0v) is 10.1. The van der Waals surface area contributed by atoms with Gasteiger partial charge in [-0.05, 0) is 18.1 Å². The highest BCUT2D eigenvalue weighted by Crippen LogP contribution is 2.14. The minimum atomic E-state index is 0.487. The minimum absolute atomic E-state index is 0.487. The van der Waals surface area contributed by atoms with E-state index in [-0.39, 0.29) is 0 Å². The summed E-state index contributed by atoms with van der Waals surface area (Å²) < 4.78 is 5.59. The van der Waals surface area contributed by atoms with E-state index in [0.29, 0.717) is 12.5 Å². The number of rotatable bonds is 4. The molecule has 0 saturated carbocycles. The van der Waals surface area contributed by atoms with Gasteiger partial charge in [0, 0.05) is 17.8 Å². The molecular weight excluding hydrogens is 228 g/mol. The van der Waals surface area contributed by atoms with Crippen molar-refractivity contribution in [2.75, 3.05) is 0 Å². The average Bonchev–Trinajstić information content (AvgIpc) is 2.41. The van der Waals surface area contributed by atoms with Crippen molar-refractivity contribution in [1.29, 1.82) is 0 Å². The van der Waals surface area contributed by atoms with Gasteiger partial charge in [-0.15, -0.1) is 0 Å². The molecule has 0 aliphatic carbocycles. The molecule has 4 heteroatoms. The molecule has 1 N–H and O–H groups in total. The van der Waals surface area contributed by atoms with Gasteiger partial charge in [-0.1, -0.05) is 35.5 Å². The summed E-state index contributed by atoms with van der Waals surface area (Å²) in [4.78, 5) is 4.15. The van der Waals surface area contributed by atoms with Crippen molar-refractivity contribution in [3.63, 3.8) is 0 Å². The van der Waals surface area contributed by atoms with Gasteiger partial charge in [0.15, 0.2) is 0 Å². The van der Waals surface area contributed by atoms with Crippen LogP contribution in [0.2, 0.25) is 0 Å². The predicted molar refractivity (Wildman–Crippen MR) is 69.1 cm³/mol. The monoisotopic (exact) mass is 242 g/mol. The van der Waals surface area contributed by atoms with Crippen molar-refractivity contribution >= 4 is 6.21 Å². The Morgan fingerprint density at radius 1 is 1.33 bits per heavy atom. The number of aryl methyl sites for hydroxylation is 1. The van der Waals surface area contributed by atoms with Crippen LogP contribution in [0.25, 0.3) is 0 Å². The Hall–Kier alpha value is -2.36. The van der Waals surface area contributed by atoms with Crippen LogP contribution in [0, 0.1) is 6.92 Å². The van der Waals surface area contributed by atoms with Gasteiger partial charge in [-0.2, -0.15) is 0 Å². The number of hydrogen-bond donors (Lipinski definition) is 1. The van der Waals surface area contributed by atoms with Crippen LogP contribution in [0.1, 0.15) is 16.7 Å². The third-order valence-electron chi connectivity index (χ3n) is 2.55. The Kier molecular flexibility index (Phi) is 3.91. The Labute approximate surface area is 106 Å². The zero-order chi connectivity index (χ0) is 12.8. The summed E-state index contributed by atoms with van der Waals surface area (Å²) in [7, 11) is 0. The van der Waals surface area contributed by atoms with Gasteiger partial charge in [0.25, 0.3) is 0 Å². The predicted octanol–water partition coefficient (Wildman–Crippen LogP) is 2.78. The summed E-state index contributed by atoms with van der Waals surface area (Å²) in [5, 5.41) is 11.5. The maximum atomic E-state index is 8.48. The van der Waals surface area contributed by atoms with E-state index in [9.17, 15) is 0 Å². The lowest BCUT2D eigenvalue weighted by molar-refractivity contribution is 0.293. The summed E-state index contributed by atoms with van der Waals surface area (Å²) in [5.41, 5.74) is 2.81. The van der Waals surface area contributed by atoms with E-state index >= 15 is 0 Å². The molecule has 0 bridgehead atoms. The third-order valence-corrected chi connectivity index (χ3v) is 2.55. The van der Waals surface area contributed by atoms with E-state index in [2.05, 4.69) is 10.1 Å². The second kappa shape index (κ2) is 5.82. The maximum absolute atomic E-state index is 8.48. The first-order chi connectivity index (χ1) is 8.79. The SMILES string of the molecule is Cc1cc(OCc2ccccc2)ncc1/C=N/O. The van der Waals surface area contributed by atoms with Crippen molar-refractivity contribution in [3.8, 4) is 5.88 Å². The van der Waals surface area contributed by atoms with Crippen molar-refractivity contribution in [2.45, 2.75) is 13.5 Å². The standard InChI is InChI=1S/C14H14N2O2/c1-11-7-14(15-8-13(11)9-16-17)18-10-12-5-3-2-4-6-12/h2-9,17H,10H2,1H3/b16-9+. The number of benzene rings is 1. The average molecular weight is 242 g/mol. The fourth-order valence-corrected chi connectivity index (χ4v) is 1.55. The normalized spacial score (nSPS) is 10.7. The topological polar surface area (TPSA) is 54.7 Å². The first-order valence-corrected chi connectivity index (χ1v) is 5.60. The van der Waals surface area contributed by atoms with E-state index in [4.69, 9.17) is 9.94 Å². The lowest BCUT2D eigenvalue weighted by Gasteiger charge is -2.07. The van der Waals surface area contributed by atoms with Gasteiger partial charge in [-0.25, -0.2) is 4.98 Å². The van der Waals surface area contributed by atoms with Crippen LogP contribution in [-0.4, -0.2) is 16.4 Å². The number of ether oxygens (including phenoxy) is 1. The quantitative estimate of drug-likeness (QED) is 0.509. The molecule has 0 spiro atoms. The minimum Gasteiger partial charge on any atom is -0.473 e. The molecule has 92 valence electrons.